The van der Waals surface area contributed by atoms with E-state index in [9.17, 15) is 28.3 Å². The number of nitriles is 1. The third-order valence-corrected chi connectivity index (χ3v) is 6.26. The van der Waals surface area contributed by atoms with Gasteiger partial charge in [-0.1, -0.05) is 36.0 Å². The molecule has 12 heteroatoms. The molecule has 3 heterocycles. The van der Waals surface area contributed by atoms with Crippen LogP contribution in [0.2, 0.25) is 0 Å². The fourth-order valence-corrected chi connectivity index (χ4v) is 4.49. The Balaban J connectivity index is 1.69. The van der Waals surface area contributed by atoms with Gasteiger partial charge in [-0.2, -0.15) is 18.4 Å². The van der Waals surface area contributed by atoms with E-state index in [1.54, 1.807) is 53.9 Å². The molecule has 0 unspecified atom stereocenters. The summed E-state index contributed by atoms with van der Waals surface area (Å²) in [4.78, 5) is 17.5. The summed E-state index contributed by atoms with van der Waals surface area (Å²) in [6, 6.07) is 13.9. The second-order valence-electron chi connectivity index (χ2n) is 6.49. The molecule has 0 aliphatic carbocycles. The standard InChI is InChI=1S/C21H11F3N4O3S2/c22-21(23,24)14-9-15(17-7-4-8-32-17)26-19(13(14)10-25)33-11-16(29)18-20(30)31-27-28(18)12-5-2-1-3-6-12/h1-9H,11H2. The number of halogens is 3. The van der Waals surface area contributed by atoms with Crippen LogP contribution in [0.4, 0.5) is 13.2 Å². The van der Waals surface area contributed by atoms with E-state index in [4.69, 9.17) is 0 Å². The molecule has 4 aromatic rings. The van der Waals surface area contributed by atoms with E-state index in [1.165, 1.54) is 11.3 Å². The second-order valence-corrected chi connectivity index (χ2v) is 8.40. The summed E-state index contributed by atoms with van der Waals surface area (Å²) in [5, 5.41) is 26.5. The zero-order chi connectivity index (χ0) is 23.6. The van der Waals surface area contributed by atoms with E-state index < -0.39 is 40.5 Å². The molecule has 0 aliphatic rings. The zero-order valence-corrected chi connectivity index (χ0v) is 18.0. The number of hydrogen-bond donors (Lipinski definition) is 0. The molecule has 4 rings (SSSR count). The fraction of sp³-hybridized carbons (Fsp3) is 0.0952. The van der Waals surface area contributed by atoms with E-state index in [0.29, 0.717) is 22.3 Å². The first-order chi connectivity index (χ1) is 15.8. The number of carbonyl (C=O) groups excluding carboxylic acids is 1. The van der Waals surface area contributed by atoms with Crippen molar-refractivity contribution in [2.45, 2.75) is 11.2 Å². The van der Waals surface area contributed by atoms with Crippen molar-refractivity contribution in [3.05, 3.63) is 70.7 Å². The number of carbonyl (C=O) groups is 1. The Bertz CT molecular complexity index is 1350. The van der Waals surface area contributed by atoms with Crippen LogP contribution in [-0.2, 0) is 6.18 Å². The van der Waals surface area contributed by atoms with Crippen molar-refractivity contribution in [2.24, 2.45) is 0 Å². The van der Waals surface area contributed by atoms with Gasteiger partial charge in [0.2, 0.25) is 11.5 Å². The number of benzene rings is 1. The van der Waals surface area contributed by atoms with Crippen LogP contribution in [0.3, 0.4) is 0 Å². The molecule has 1 aromatic carbocycles. The Hall–Kier alpha value is -3.69. The van der Waals surface area contributed by atoms with Gasteiger partial charge in [0.1, 0.15) is 11.1 Å². The lowest BCUT2D eigenvalue weighted by atomic mass is 10.1. The van der Waals surface area contributed by atoms with Crippen LogP contribution in [0.15, 0.2) is 63.5 Å². The van der Waals surface area contributed by atoms with E-state index in [2.05, 4.69) is 14.8 Å². The van der Waals surface area contributed by atoms with Crippen LogP contribution in [0.1, 0.15) is 21.6 Å². The molecule has 3 aromatic heterocycles. The number of rotatable bonds is 6. The normalized spacial score (nSPS) is 11.3. The zero-order valence-electron chi connectivity index (χ0n) is 16.4. The number of alkyl halides is 3. The number of hydrogen-bond acceptors (Lipinski definition) is 8. The number of ketones is 1. The van der Waals surface area contributed by atoms with Crippen molar-refractivity contribution < 1.29 is 32.3 Å². The topological polar surface area (TPSA) is 107 Å². The highest BCUT2D eigenvalue weighted by Crippen LogP contribution is 2.38. The quantitative estimate of drug-likeness (QED) is 0.229. The molecule has 33 heavy (non-hydrogen) atoms. The number of thiophene rings is 1. The first-order valence-corrected chi connectivity index (χ1v) is 11.0. The number of thioether (sulfide) groups is 1. The van der Waals surface area contributed by atoms with Crippen LogP contribution in [0, 0.1) is 11.3 Å². The van der Waals surface area contributed by atoms with Gasteiger partial charge in [-0.3, -0.25) is 4.79 Å². The van der Waals surface area contributed by atoms with Gasteiger partial charge in [-0.25, -0.2) is 4.98 Å². The monoisotopic (exact) mass is 488 g/mol. The summed E-state index contributed by atoms with van der Waals surface area (Å²) >= 11 is 1.82. The summed E-state index contributed by atoms with van der Waals surface area (Å²) in [6.45, 7) is 0. The maximum Gasteiger partial charge on any atom is 0.417 e. The maximum absolute atomic E-state index is 13.6. The molecule has 0 fully saturated rings. The molecular formula is C21H11F3N4O3S2. The lowest BCUT2D eigenvalue weighted by molar-refractivity contribution is -0.672. The minimum Gasteiger partial charge on any atom is -0.539 e. The van der Waals surface area contributed by atoms with E-state index >= 15 is 0 Å². The molecule has 0 aliphatic heterocycles. The average molecular weight is 488 g/mol. The van der Waals surface area contributed by atoms with Crippen LogP contribution >= 0.6 is 23.1 Å². The molecule has 0 radical (unpaired) electrons. The summed E-state index contributed by atoms with van der Waals surface area (Å²) in [5.41, 5.74) is -1.80. The van der Waals surface area contributed by atoms with Gasteiger partial charge in [0.25, 0.3) is 0 Å². The van der Waals surface area contributed by atoms with Gasteiger partial charge in [0, 0.05) is 12.1 Å². The Morgan fingerprint density at radius 1 is 1.24 bits per heavy atom. The molecule has 0 saturated heterocycles. The van der Waals surface area contributed by atoms with Crippen molar-refractivity contribution in [2.75, 3.05) is 5.75 Å². The van der Waals surface area contributed by atoms with Crippen molar-refractivity contribution in [3.63, 3.8) is 0 Å². The van der Waals surface area contributed by atoms with Crippen molar-refractivity contribution in [1.82, 2.24) is 10.3 Å². The molecule has 7 nitrogen and oxygen atoms in total. The molecule has 0 bridgehead atoms. The molecular weight excluding hydrogens is 477 g/mol. The van der Waals surface area contributed by atoms with Gasteiger partial charge >= 0.3 is 11.9 Å². The number of para-hydroxylation sites is 1. The van der Waals surface area contributed by atoms with Crippen LogP contribution < -0.4 is 9.79 Å². The van der Waals surface area contributed by atoms with Crippen LogP contribution in [-0.4, -0.2) is 21.8 Å². The van der Waals surface area contributed by atoms with Crippen molar-refractivity contribution in [3.8, 4) is 28.3 Å². The molecule has 166 valence electrons. The minimum absolute atomic E-state index is 0.0279. The van der Waals surface area contributed by atoms with E-state index in [-0.39, 0.29) is 10.7 Å². The molecule has 0 N–H and O–H groups in total. The van der Waals surface area contributed by atoms with Gasteiger partial charge in [0.15, 0.2) is 5.95 Å². The van der Waals surface area contributed by atoms with E-state index in [1.807, 2.05) is 0 Å². The second kappa shape index (κ2) is 9.05. The summed E-state index contributed by atoms with van der Waals surface area (Å²) in [7, 11) is 0. The predicted molar refractivity (Wildman–Crippen MR) is 110 cm³/mol. The largest absolute Gasteiger partial charge is 0.539 e. The van der Waals surface area contributed by atoms with Crippen molar-refractivity contribution >= 4 is 28.9 Å². The number of pyridine rings is 1. The van der Waals surface area contributed by atoms with E-state index in [0.717, 1.165) is 10.7 Å². The third kappa shape index (κ3) is 4.59. The predicted octanol–water partition coefficient (Wildman–Crippen LogP) is 4.01. The minimum atomic E-state index is -4.80. The van der Waals surface area contributed by atoms with Crippen LogP contribution in [0.5, 0.6) is 5.95 Å². The first-order valence-electron chi connectivity index (χ1n) is 9.16. The van der Waals surface area contributed by atoms with Crippen molar-refractivity contribution in [1.29, 1.82) is 5.26 Å². The molecule has 0 spiro atoms. The Labute approximate surface area is 192 Å². The first kappa shape index (κ1) is 22.5. The number of nitrogens with zero attached hydrogens (tertiary/aromatic N) is 4. The summed E-state index contributed by atoms with van der Waals surface area (Å²) < 4.78 is 46.5. The highest BCUT2D eigenvalue weighted by atomic mass is 32.2. The SMILES string of the molecule is N#Cc1c(C(F)(F)F)cc(-c2cccs2)nc1SCC(=O)c1c([O-])on[n+]1-c1ccccc1. The van der Waals surface area contributed by atoms with Gasteiger partial charge in [0.05, 0.1) is 32.7 Å². The van der Waals surface area contributed by atoms with Gasteiger partial charge < -0.3 is 9.63 Å². The highest BCUT2D eigenvalue weighted by molar-refractivity contribution is 8.00. The lowest BCUT2D eigenvalue weighted by Gasteiger charge is -2.13. The van der Waals surface area contributed by atoms with Gasteiger partial charge in [-0.05, 0) is 22.2 Å². The highest BCUT2D eigenvalue weighted by Gasteiger charge is 2.36. The lowest BCUT2D eigenvalue weighted by Crippen LogP contribution is -2.39. The molecule has 0 amide bonds. The summed E-state index contributed by atoms with van der Waals surface area (Å²) in [6.07, 6.45) is -4.80. The van der Waals surface area contributed by atoms with Gasteiger partial charge in [-0.15, -0.1) is 11.3 Å². The summed E-state index contributed by atoms with van der Waals surface area (Å²) in [5.74, 6) is -2.19. The average Bonchev–Trinajstić information content (AvgIpc) is 3.47. The molecule has 0 atom stereocenters. The Kier molecular flexibility index (Phi) is 6.17. The fourth-order valence-electron chi connectivity index (χ4n) is 2.94. The smallest absolute Gasteiger partial charge is 0.417 e. The Morgan fingerprint density at radius 2 is 2.00 bits per heavy atom. The third-order valence-electron chi connectivity index (χ3n) is 4.39. The van der Waals surface area contributed by atoms with Crippen LogP contribution in [0.25, 0.3) is 16.3 Å². The Morgan fingerprint density at radius 3 is 2.64 bits per heavy atom. The number of Topliss-reactive ketones (excluding diaryl/α,β-unsaturated/α-hetero) is 1. The molecule has 0 saturated carbocycles. The maximum atomic E-state index is 13.6. The number of aromatic nitrogens is 3.